The van der Waals surface area contributed by atoms with Gasteiger partial charge in [0.15, 0.2) is 0 Å². The number of nitrogens with one attached hydrogen (secondary N) is 1. The Hall–Kier alpha value is -2.37. The summed E-state index contributed by atoms with van der Waals surface area (Å²) in [4.78, 5) is 42.7. The van der Waals surface area contributed by atoms with Crippen LogP contribution in [0.2, 0.25) is 0 Å². The molecule has 1 N–H and O–H groups in total. The van der Waals surface area contributed by atoms with E-state index in [0.29, 0.717) is 30.4 Å². The molecule has 0 radical (unpaired) electrons. The molecule has 128 valence electrons. The summed E-state index contributed by atoms with van der Waals surface area (Å²) in [5.74, 6) is -0.123. The summed E-state index contributed by atoms with van der Waals surface area (Å²) in [6.45, 7) is 3.24. The molecule has 6 nitrogen and oxygen atoms in total. The number of aromatic amines is 1. The summed E-state index contributed by atoms with van der Waals surface area (Å²) < 4.78 is 1.09. The number of rotatable bonds is 3. The molecule has 1 amide bonds. The zero-order valence-electron chi connectivity index (χ0n) is 14.0. The van der Waals surface area contributed by atoms with Gasteiger partial charge in [0.1, 0.15) is 6.04 Å². The summed E-state index contributed by atoms with van der Waals surface area (Å²) in [6, 6.07) is 6.14. The number of para-hydroxylation sites is 1. The van der Waals surface area contributed by atoms with Gasteiger partial charge in [-0.3, -0.25) is 9.59 Å². The molecule has 0 bridgehead atoms. The minimum Gasteiger partial charge on any atom is -0.341 e. The third-order valence-corrected chi connectivity index (χ3v) is 4.74. The number of amides is 1. The summed E-state index contributed by atoms with van der Waals surface area (Å²) in [6.07, 6.45) is 4.61. The molecule has 1 saturated heterocycles. The van der Waals surface area contributed by atoms with Gasteiger partial charge in [-0.15, -0.1) is 0 Å². The van der Waals surface area contributed by atoms with E-state index in [1.165, 1.54) is 0 Å². The lowest BCUT2D eigenvalue weighted by molar-refractivity contribution is -0.135. The number of hydrogen-bond donors (Lipinski definition) is 1. The van der Waals surface area contributed by atoms with Crippen LogP contribution in [0, 0.1) is 0 Å². The number of likely N-dealkylation sites (tertiary alicyclic amines) is 1. The molecule has 1 aromatic heterocycles. The van der Waals surface area contributed by atoms with E-state index in [9.17, 15) is 14.4 Å². The Morgan fingerprint density at radius 3 is 2.46 bits per heavy atom. The number of H-pyrrole nitrogens is 1. The van der Waals surface area contributed by atoms with Gasteiger partial charge in [-0.2, -0.15) is 0 Å². The fraction of sp³-hybridized carbons (Fsp3) is 0.500. The van der Waals surface area contributed by atoms with Crippen molar-refractivity contribution in [1.29, 1.82) is 0 Å². The molecule has 1 aliphatic heterocycles. The maximum absolute atomic E-state index is 12.9. The summed E-state index contributed by atoms with van der Waals surface area (Å²) in [5, 5.41) is 0.430. The van der Waals surface area contributed by atoms with Gasteiger partial charge in [0.2, 0.25) is 5.91 Å². The van der Waals surface area contributed by atoms with Crippen LogP contribution in [0.5, 0.6) is 0 Å². The zero-order chi connectivity index (χ0) is 17.1. The van der Waals surface area contributed by atoms with Crippen LogP contribution in [0.25, 0.3) is 10.9 Å². The van der Waals surface area contributed by atoms with Gasteiger partial charge in [-0.1, -0.05) is 31.9 Å². The van der Waals surface area contributed by atoms with Crippen LogP contribution >= 0.6 is 0 Å². The molecule has 1 aromatic carbocycles. The second-order valence-electron chi connectivity index (χ2n) is 6.31. The van der Waals surface area contributed by atoms with Crippen LogP contribution in [-0.2, 0) is 4.79 Å². The molecule has 1 aliphatic rings. The highest BCUT2D eigenvalue weighted by Crippen LogP contribution is 2.17. The highest BCUT2D eigenvalue weighted by Gasteiger charge is 2.27. The molecule has 1 fully saturated rings. The number of carbonyl (C=O) groups is 1. The minimum absolute atomic E-state index is 0.123. The molecule has 0 aliphatic carbocycles. The molecule has 1 atom stereocenters. The largest absolute Gasteiger partial charge is 0.341 e. The lowest BCUT2D eigenvalue weighted by Crippen LogP contribution is -2.46. The van der Waals surface area contributed by atoms with E-state index in [4.69, 9.17) is 0 Å². The topological polar surface area (TPSA) is 75.2 Å². The smallest absolute Gasteiger partial charge is 0.329 e. The number of benzene rings is 1. The van der Waals surface area contributed by atoms with Crippen molar-refractivity contribution in [2.75, 3.05) is 13.1 Å². The van der Waals surface area contributed by atoms with Crippen molar-refractivity contribution >= 4 is 16.8 Å². The van der Waals surface area contributed by atoms with Crippen molar-refractivity contribution in [3.05, 3.63) is 45.1 Å². The van der Waals surface area contributed by atoms with E-state index in [2.05, 4.69) is 4.98 Å². The van der Waals surface area contributed by atoms with E-state index in [1.54, 1.807) is 24.3 Å². The second kappa shape index (κ2) is 7.03. The molecule has 2 heterocycles. The molecular weight excluding hydrogens is 306 g/mol. The number of fused-ring (bicyclic) bond motifs is 1. The maximum Gasteiger partial charge on any atom is 0.329 e. The Labute approximate surface area is 140 Å². The van der Waals surface area contributed by atoms with Crippen molar-refractivity contribution in [2.24, 2.45) is 0 Å². The van der Waals surface area contributed by atoms with Crippen molar-refractivity contribution < 1.29 is 4.79 Å². The van der Waals surface area contributed by atoms with Crippen molar-refractivity contribution in [3.8, 4) is 0 Å². The first-order valence-electron chi connectivity index (χ1n) is 8.66. The van der Waals surface area contributed by atoms with Crippen molar-refractivity contribution in [2.45, 2.75) is 45.1 Å². The Bertz CT molecular complexity index is 844. The fourth-order valence-electron chi connectivity index (χ4n) is 3.43. The van der Waals surface area contributed by atoms with Gasteiger partial charge >= 0.3 is 5.69 Å². The summed E-state index contributed by atoms with van der Waals surface area (Å²) in [5.41, 5.74) is -0.418. The number of nitrogens with zero attached hydrogens (tertiary/aromatic N) is 2. The Balaban J connectivity index is 2.04. The van der Waals surface area contributed by atoms with Gasteiger partial charge < -0.3 is 9.88 Å². The molecule has 0 spiro atoms. The number of aromatic nitrogens is 2. The van der Waals surface area contributed by atoms with E-state index in [0.717, 1.165) is 30.3 Å². The van der Waals surface area contributed by atoms with Gasteiger partial charge in [0.05, 0.1) is 10.9 Å². The van der Waals surface area contributed by atoms with Crippen LogP contribution in [0.15, 0.2) is 33.9 Å². The van der Waals surface area contributed by atoms with E-state index < -0.39 is 17.3 Å². The van der Waals surface area contributed by atoms with Crippen LogP contribution in [-0.4, -0.2) is 33.4 Å². The molecule has 24 heavy (non-hydrogen) atoms. The molecule has 0 saturated carbocycles. The average molecular weight is 329 g/mol. The summed E-state index contributed by atoms with van der Waals surface area (Å²) >= 11 is 0. The van der Waals surface area contributed by atoms with E-state index in [-0.39, 0.29) is 5.91 Å². The monoisotopic (exact) mass is 329 g/mol. The molecule has 3 rings (SSSR count). The van der Waals surface area contributed by atoms with Crippen LogP contribution in [0.4, 0.5) is 0 Å². The van der Waals surface area contributed by atoms with Crippen molar-refractivity contribution in [3.63, 3.8) is 0 Å². The zero-order valence-corrected chi connectivity index (χ0v) is 14.0. The number of carbonyl (C=O) groups excluding carboxylic acids is 1. The minimum atomic E-state index is -0.746. The first-order chi connectivity index (χ1) is 11.6. The molecular formula is C18H23N3O3. The third-order valence-electron chi connectivity index (χ3n) is 4.74. The lowest BCUT2D eigenvalue weighted by atomic mass is 10.1. The van der Waals surface area contributed by atoms with Gasteiger partial charge in [-0.05, 0) is 31.4 Å². The summed E-state index contributed by atoms with van der Waals surface area (Å²) in [7, 11) is 0. The average Bonchev–Trinajstić information content (AvgIpc) is 2.87. The first kappa shape index (κ1) is 16.5. The van der Waals surface area contributed by atoms with Crippen LogP contribution in [0.3, 0.4) is 0 Å². The predicted octanol–water partition coefficient (Wildman–Crippen LogP) is 2.04. The Morgan fingerprint density at radius 2 is 1.79 bits per heavy atom. The SMILES string of the molecule is CC[C@H](C(=O)N1CCCCCC1)n1c(=O)[nH]c2ccccc2c1=O. The predicted molar refractivity (Wildman–Crippen MR) is 93.2 cm³/mol. The molecule has 0 unspecified atom stereocenters. The third kappa shape index (κ3) is 3.00. The maximum atomic E-state index is 12.9. The van der Waals surface area contributed by atoms with Crippen LogP contribution < -0.4 is 11.2 Å². The van der Waals surface area contributed by atoms with Gasteiger partial charge in [0.25, 0.3) is 5.56 Å². The van der Waals surface area contributed by atoms with Crippen molar-refractivity contribution in [1.82, 2.24) is 14.5 Å². The quantitative estimate of drug-likeness (QED) is 0.936. The van der Waals surface area contributed by atoms with E-state index >= 15 is 0 Å². The Morgan fingerprint density at radius 1 is 1.12 bits per heavy atom. The molecule has 2 aromatic rings. The first-order valence-corrected chi connectivity index (χ1v) is 8.66. The van der Waals surface area contributed by atoms with Gasteiger partial charge in [0, 0.05) is 13.1 Å². The Kier molecular flexibility index (Phi) is 4.83. The van der Waals surface area contributed by atoms with E-state index in [1.807, 2.05) is 11.8 Å². The normalized spacial score (nSPS) is 16.8. The highest BCUT2D eigenvalue weighted by molar-refractivity contribution is 5.81. The highest BCUT2D eigenvalue weighted by atomic mass is 16.2. The van der Waals surface area contributed by atoms with Gasteiger partial charge in [-0.25, -0.2) is 9.36 Å². The fourth-order valence-corrected chi connectivity index (χ4v) is 3.43. The number of hydrogen-bond acceptors (Lipinski definition) is 3. The second-order valence-corrected chi connectivity index (χ2v) is 6.31. The molecule has 6 heteroatoms. The standard InChI is InChI=1S/C18H23N3O3/c1-2-15(17(23)20-11-7-3-4-8-12-20)21-16(22)13-9-5-6-10-14(13)19-18(21)24/h5-6,9-10,15H,2-4,7-8,11-12H2,1H3,(H,19,24)/t15-/m1/s1. The lowest BCUT2D eigenvalue weighted by Gasteiger charge is -2.26. The van der Waals surface area contributed by atoms with Crippen LogP contribution in [0.1, 0.15) is 45.1 Å².